The lowest BCUT2D eigenvalue weighted by Gasteiger charge is -2.10. The highest BCUT2D eigenvalue weighted by Gasteiger charge is 2.07. The summed E-state index contributed by atoms with van der Waals surface area (Å²) < 4.78 is 5.51. The normalized spacial score (nSPS) is 12.1. The first-order valence-electron chi connectivity index (χ1n) is 5.54. The predicted molar refractivity (Wildman–Crippen MR) is 66.7 cm³/mol. The molecule has 0 aliphatic heterocycles. The largest absolute Gasteiger partial charge is 0.492 e. The summed E-state index contributed by atoms with van der Waals surface area (Å²) in [7, 11) is 0. The lowest BCUT2D eigenvalue weighted by atomic mass is 10.2. The summed E-state index contributed by atoms with van der Waals surface area (Å²) in [4.78, 5) is 10.6. The molecule has 5 heteroatoms. The Kier molecular flexibility index (Phi) is 5.45. The van der Waals surface area contributed by atoms with Gasteiger partial charge in [-0.15, -0.1) is 0 Å². The van der Waals surface area contributed by atoms with E-state index >= 15 is 0 Å². The summed E-state index contributed by atoms with van der Waals surface area (Å²) in [6.45, 7) is 3.52. The molecule has 1 amide bonds. The third-order valence-corrected chi connectivity index (χ3v) is 2.27. The molecule has 1 unspecified atom stereocenters. The third kappa shape index (κ3) is 5.33. The number of aryl methyl sites for hydroxylation is 1. The van der Waals surface area contributed by atoms with Gasteiger partial charge in [0.2, 0.25) is 5.91 Å². The van der Waals surface area contributed by atoms with Gasteiger partial charge in [0, 0.05) is 13.1 Å². The van der Waals surface area contributed by atoms with Crippen LogP contribution in [0.5, 0.6) is 5.75 Å². The van der Waals surface area contributed by atoms with Crippen molar-refractivity contribution in [3.63, 3.8) is 0 Å². The van der Waals surface area contributed by atoms with Gasteiger partial charge in [0.05, 0.1) is 6.04 Å². The smallest absolute Gasteiger partial charge is 0.235 e. The van der Waals surface area contributed by atoms with Gasteiger partial charge in [-0.25, -0.2) is 0 Å². The first-order valence-corrected chi connectivity index (χ1v) is 5.54. The average Bonchev–Trinajstić information content (AvgIpc) is 2.28. The maximum Gasteiger partial charge on any atom is 0.235 e. The Morgan fingerprint density at radius 3 is 2.94 bits per heavy atom. The molecule has 1 aromatic carbocycles. The number of nitrogens with one attached hydrogen (secondary N) is 1. The van der Waals surface area contributed by atoms with Gasteiger partial charge in [0.25, 0.3) is 0 Å². The van der Waals surface area contributed by atoms with Crippen molar-refractivity contribution < 1.29 is 9.53 Å². The van der Waals surface area contributed by atoms with E-state index in [1.165, 1.54) is 0 Å². The van der Waals surface area contributed by atoms with E-state index < -0.39 is 11.9 Å². The second kappa shape index (κ2) is 6.88. The van der Waals surface area contributed by atoms with E-state index in [9.17, 15) is 4.79 Å². The van der Waals surface area contributed by atoms with Crippen molar-refractivity contribution in [2.24, 2.45) is 11.5 Å². The quantitative estimate of drug-likeness (QED) is 0.572. The Labute approximate surface area is 101 Å². The van der Waals surface area contributed by atoms with Gasteiger partial charge in [0.1, 0.15) is 12.4 Å². The van der Waals surface area contributed by atoms with Crippen molar-refractivity contribution in [1.29, 1.82) is 0 Å². The molecule has 0 saturated heterocycles. The fraction of sp³-hybridized carbons (Fsp3) is 0.417. The molecule has 94 valence electrons. The highest BCUT2D eigenvalue weighted by Crippen LogP contribution is 2.11. The number of hydrogen-bond acceptors (Lipinski definition) is 4. The molecular formula is C12H19N3O2. The van der Waals surface area contributed by atoms with E-state index in [1.807, 2.05) is 31.2 Å². The van der Waals surface area contributed by atoms with Crippen LogP contribution in [-0.2, 0) is 4.79 Å². The Hall–Kier alpha value is -1.59. The van der Waals surface area contributed by atoms with Crippen LogP contribution in [0.4, 0.5) is 0 Å². The molecule has 0 heterocycles. The zero-order chi connectivity index (χ0) is 12.7. The molecule has 0 spiro atoms. The van der Waals surface area contributed by atoms with Crippen LogP contribution < -0.4 is 21.5 Å². The minimum atomic E-state index is -0.644. The number of hydrogen-bond donors (Lipinski definition) is 3. The number of benzene rings is 1. The van der Waals surface area contributed by atoms with E-state index in [2.05, 4.69) is 5.32 Å². The Morgan fingerprint density at radius 1 is 1.53 bits per heavy atom. The second-order valence-corrected chi connectivity index (χ2v) is 3.88. The summed E-state index contributed by atoms with van der Waals surface area (Å²) in [6, 6.07) is 7.18. The van der Waals surface area contributed by atoms with Crippen LogP contribution in [0.3, 0.4) is 0 Å². The van der Waals surface area contributed by atoms with Crippen molar-refractivity contribution in [1.82, 2.24) is 5.32 Å². The van der Waals surface area contributed by atoms with Gasteiger partial charge in [-0.05, 0) is 24.6 Å². The van der Waals surface area contributed by atoms with Gasteiger partial charge in [-0.2, -0.15) is 0 Å². The van der Waals surface area contributed by atoms with Crippen LogP contribution >= 0.6 is 0 Å². The molecule has 0 aromatic heterocycles. The van der Waals surface area contributed by atoms with Gasteiger partial charge in [0.15, 0.2) is 0 Å². The number of ether oxygens (including phenoxy) is 1. The van der Waals surface area contributed by atoms with E-state index in [1.54, 1.807) is 0 Å². The monoisotopic (exact) mass is 237 g/mol. The summed E-state index contributed by atoms with van der Waals surface area (Å²) in [5, 5.41) is 3.00. The molecule has 0 aliphatic rings. The maximum atomic E-state index is 10.6. The first-order chi connectivity index (χ1) is 8.09. The Bertz CT molecular complexity index is 369. The van der Waals surface area contributed by atoms with Crippen molar-refractivity contribution in [2.75, 3.05) is 19.7 Å². The van der Waals surface area contributed by atoms with E-state index in [0.717, 1.165) is 11.3 Å². The van der Waals surface area contributed by atoms with Crippen molar-refractivity contribution in [3.8, 4) is 5.75 Å². The minimum absolute atomic E-state index is 0.368. The Morgan fingerprint density at radius 2 is 2.29 bits per heavy atom. The number of carbonyl (C=O) groups is 1. The van der Waals surface area contributed by atoms with Crippen LogP contribution in [-0.4, -0.2) is 31.6 Å². The zero-order valence-corrected chi connectivity index (χ0v) is 9.98. The zero-order valence-electron chi connectivity index (χ0n) is 9.98. The number of carbonyl (C=O) groups excluding carboxylic acids is 1. The molecule has 17 heavy (non-hydrogen) atoms. The Balaban J connectivity index is 2.14. The summed E-state index contributed by atoms with van der Waals surface area (Å²) >= 11 is 0. The predicted octanol–water partition coefficient (Wildman–Crippen LogP) is -0.224. The van der Waals surface area contributed by atoms with Gasteiger partial charge in [-0.1, -0.05) is 12.1 Å². The average molecular weight is 237 g/mol. The van der Waals surface area contributed by atoms with Crippen LogP contribution in [0.2, 0.25) is 0 Å². The fourth-order valence-corrected chi connectivity index (χ4v) is 1.30. The molecule has 1 rings (SSSR count). The number of amides is 1. The van der Waals surface area contributed by atoms with Crippen molar-refractivity contribution >= 4 is 5.91 Å². The fourth-order valence-electron chi connectivity index (χ4n) is 1.30. The van der Waals surface area contributed by atoms with Gasteiger partial charge < -0.3 is 21.5 Å². The second-order valence-electron chi connectivity index (χ2n) is 3.88. The SMILES string of the molecule is Cc1cccc(OCCNCC(N)C(N)=O)c1. The van der Waals surface area contributed by atoms with Crippen LogP contribution in [0.1, 0.15) is 5.56 Å². The molecule has 0 aliphatic carbocycles. The number of primary amides is 1. The minimum Gasteiger partial charge on any atom is -0.492 e. The molecule has 5 N–H and O–H groups in total. The van der Waals surface area contributed by atoms with E-state index in [-0.39, 0.29) is 0 Å². The molecular weight excluding hydrogens is 218 g/mol. The highest BCUT2D eigenvalue weighted by molar-refractivity contribution is 5.79. The standard InChI is InChI=1S/C12H19N3O2/c1-9-3-2-4-10(7-9)17-6-5-15-8-11(13)12(14)16/h2-4,7,11,15H,5-6,8,13H2,1H3,(H2,14,16). The highest BCUT2D eigenvalue weighted by atomic mass is 16.5. The van der Waals surface area contributed by atoms with Gasteiger partial charge >= 0.3 is 0 Å². The van der Waals surface area contributed by atoms with Crippen molar-refractivity contribution in [2.45, 2.75) is 13.0 Å². The number of nitrogens with two attached hydrogens (primary N) is 2. The summed E-state index contributed by atoms with van der Waals surface area (Å²) in [5.41, 5.74) is 11.6. The molecule has 0 bridgehead atoms. The molecule has 5 nitrogen and oxygen atoms in total. The molecule has 1 atom stereocenters. The maximum absolute atomic E-state index is 10.6. The van der Waals surface area contributed by atoms with Crippen LogP contribution in [0, 0.1) is 6.92 Å². The van der Waals surface area contributed by atoms with Crippen LogP contribution in [0.25, 0.3) is 0 Å². The number of rotatable bonds is 7. The van der Waals surface area contributed by atoms with Gasteiger partial charge in [-0.3, -0.25) is 4.79 Å². The lowest BCUT2D eigenvalue weighted by molar-refractivity contribution is -0.119. The summed E-state index contributed by atoms with van der Waals surface area (Å²) in [5.74, 6) is 0.336. The first kappa shape index (κ1) is 13.5. The lowest BCUT2D eigenvalue weighted by Crippen LogP contribution is -2.45. The van der Waals surface area contributed by atoms with Crippen molar-refractivity contribution in [3.05, 3.63) is 29.8 Å². The molecule has 0 fully saturated rings. The molecule has 0 radical (unpaired) electrons. The topological polar surface area (TPSA) is 90.4 Å². The van der Waals surface area contributed by atoms with Crippen LogP contribution in [0.15, 0.2) is 24.3 Å². The molecule has 0 saturated carbocycles. The molecule has 1 aromatic rings. The van der Waals surface area contributed by atoms with E-state index in [4.69, 9.17) is 16.2 Å². The summed E-state index contributed by atoms with van der Waals surface area (Å²) in [6.07, 6.45) is 0. The third-order valence-electron chi connectivity index (χ3n) is 2.27. The van der Waals surface area contributed by atoms with E-state index in [0.29, 0.717) is 19.7 Å².